The van der Waals surface area contributed by atoms with Gasteiger partial charge in [-0.25, -0.2) is 0 Å². The molecule has 0 saturated carbocycles. The molecule has 0 spiro atoms. The van der Waals surface area contributed by atoms with Gasteiger partial charge in [0.2, 0.25) is 0 Å². The van der Waals surface area contributed by atoms with Gasteiger partial charge >= 0.3 is 0 Å². The maximum absolute atomic E-state index is 10.6. The monoisotopic (exact) mass is 474 g/mol. The molecular formula is C28H36N2NiO-4. The molecule has 3 aromatic carbocycles. The summed E-state index contributed by atoms with van der Waals surface area (Å²) in [6, 6.07) is 26.7. The van der Waals surface area contributed by atoms with E-state index >= 15 is 0 Å². The van der Waals surface area contributed by atoms with Gasteiger partial charge in [-0.2, -0.15) is 36.4 Å². The topological polar surface area (TPSA) is 48.4 Å². The van der Waals surface area contributed by atoms with Gasteiger partial charge in [-0.15, -0.1) is 18.4 Å². The van der Waals surface area contributed by atoms with Gasteiger partial charge in [0.05, 0.1) is 0 Å². The van der Waals surface area contributed by atoms with Gasteiger partial charge in [0.1, 0.15) is 0 Å². The van der Waals surface area contributed by atoms with Crippen LogP contribution in [0, 0.1) is 13.5 Å². The van der Waals surface area contributed by atoms with E-state index in [-0.39, 0.29) is 23.9 Å². The molecule has 0 heterocycles. The Balaban J connectivity index is 0.00000104. The van der Waals surface area contributed by atoms with Crippen molar-refractivity contribution < 1.29 is 21.6 Å². The van der Waals surface area contributed by atoms with E-state index in [4.69, 9.17) is 0 Å². The van der Waals surface area contributed by atoms with Crippen LogP contribution in [0.3, 0.4) is 0 Å². The third-order valence-corrected chi connectivity index (χ3v) is 4.86. The van der Waals surface area contributed by atoms with Crippen LogP contribution < -0.4 is 0 Å². The minimum absolute atomic E-state index is 0. The van der Waals surface area contributed by atoms with Crippen LogP contribution >= 0.6 is 0 Å². The van der Waals surface area contributed by atoms with Crippen LogP contribution in [0.2, 0.25) is 0 Å². The second-order valence-electron chi connectivity index (χ2n) is 7.84. The summed E-state index contributed by atoms with van der Waals surface area (Å²) in [7, 11) is 1.77. The molecule has 0 aliphatic rings. The van der Waals surface area contributed by atoms with Crippen molar-refractivity contribution in [3.05, 3.63) is 114 Å². The van der Waals surface area contributed by atoms with E-state index in [1.54, 1.807) is 7.05 Å². The zero-order valence-electron chi connectivity index (χ0n) is 20.0. The van der Waals surface area contributed by atoms with E-state index in [0.717, 1.165) is 16.9 Å². The molecule has 1 N–H and O–H groups in total. The first kappa shape index (κ1) is 29.7. The van der Waals surface area contributed by atoms with Gasteiger partial charge in [-0.05, 0) is 24.5 Å². The van der Waals surface area contributed by atoms with E-state index in [1.807, 2.05) is 54.6 Å². The molecule has 0 amide bonds. The third-order valence-electron chi connectivity index (χ3n) is 4.86. The Morgan fingerprint density at radius 2 is 1.38 bits per heavy atom. The van der Waals surface area contributed by atoms with E-state index in [2.05, 4.69) is 62.6 Å². The van der Waals surface area contributed by atoms with Crippen LogP contribution in [0.15, 0.2) is 72.8 Å². The summed E-state index contributed by atoms with van der Waals surface area (Å²) < 4.78 is 0. The fourth-order valence-corrected chi connectivity index (χ4v) is 3.30. The van der Waals surface area contributed by atoms with Gasteiger partial charge in [0, 0.05) is 16.5 Å². The number of rotatable bonds is 7. The van der Waals surface area contributed by atoms with Gasteiger partial charge < -0.3 is 23.2 Å². The smallest absolute Gasteiger partial charge is 0 e. The summed E-state index contributed by atoms with van der Waals surface area (Å²) in [5.41, 5.74) is 5.25. The molecule has 0 aliphatic heterocycles. The number of para-hydroxylation sites is 2. The number of hydrogen-bond acceptors (Lipinski definition) is 1. The molecule has 0 bridgehead atoms. The molecule has 0 radical (unpaired) electrons. The normalized spacial score (nSPS) is 10.9. The van der Waals surface area contributed by atoms with E-state index in [0.29, 0.717) is 18.3 Å². The summed E-state index contributed by atoms with van der Waals surface area (Å²) in [5.74, 6) is 0.736. The Morgan fingerprint density at radius 1 is 0.812 bits per heavy atom. The fraction of sp³-hybridized carbons (Fsp3) is 0.321. The standard InChI is InChI=1S/C21H28N2O.C6H5.CH3.Ni/c1-14(2)17-10-8-11-18(15(3)4)21(17)23-20(24)13-16-9-6-7-12-19(16)22-5;1-2-4-6-5-3-1;;/h6-12,14-15,20,24H,13H2,1-5H3;1-5H;1H3;/q-2;2*-1;. The molecule has 178 valence electrons. The van der Waals surface area contributed by atoms with Crippen molar-refractivity contribution in [2.75, 3.05) is 7.05 Å². The quantitative estimate of drug-likeness (QED) is 0.273. The summed E-state index contributed by atoms with van der Waals surface area (Å²) in [6.45, 7) is 8.65. The van der Waals surface area contributed by atoms with Gasteiger partial charge in [-0.1, -0.05) is 86.8 Å². The number of nitrogens with zero attached hydrogens (tertiary/aromatic N) is 2. The van der Waals surface area contributed by atoms with E-state index in [1.165, 1.54) is 11.1 Å². The zero-order chi connectivity index (χ0) is 21.9. The second kappa shape index (κ2) is 15.5. The molecule has 3 nitrogen and oxygen atoms in total. The van der Waals surface area contributed by atoms with Crippen molar-refractivity contribution in [2.24, 2.45) is 0 Å². The van der Waals surface area contributed by atoms with Gasteiger partial charge in [-0.3, -0.25) is 0 Å². The third kappa shape index (κ3) is 9.06. The molecule has 0 aliphatic carbocycles. The summed E-state index contributed by atoms with van der Waals surface area (Å²) in [6.07, 6.45) is -0.303. The van der Waals surface area contributed by atoms with Crippen LogP contribution in [0.1, 0.15) is 56.2 Å². The predicted molar refractivity (Wildman–Crippen MR) is 134 cm³/mol. The molecule has 0 aromatic heterocycles. The Kier molecular flexibility index (Phi) is 14.4. The number of benzene rings is 3. The van der Waals surface area contributed by atoms with Crippen LogP contribution in [0.25, 0.3) is 10.6 Å². The maximum atomic E-state index is 10.6. The van der Waals surface area contributed by atoms with Crippen LogP contribution in [0.4, 0.5) is 11.4 Å². The molecule has 32 heavy (non-hydrogen) atoms. The van der Waals surface area contributed by atoms with Gasteiger partial charge in [0.25, 0.3) is 0 Å². The number of aliphatic hydroxyl groups excluding tert-OH is 1. The predicted octanol–water partition coefficient (Wildman–Crippen LogP) is 8.07. The zero-order valence-corrected chi connectivity index (χ0v) is 21.0. The Hall–Kier alpha value is -2.29. The molecule has 1 atom stereocenters. The fourth-order valence-electron chi connectivity index (χ4n) is 3.30. The average Bonchev–Trinajstić information content (AvgIpc) is 2.75. The van der Waals surface area contributed by atoms with Crippen molar-refractivity contribution >= 4 is 11.4 Å². The molecule has 1 unspecified atom stereocenters. The Labute approximate surface area is 205 Å². The van der Waals surface area contributed by atoms with E-state index in [9.17, 15) is 5.11 Å². The van der Waals surface area contributed by atoms with Crippen molar-refractivity contribution in [2.45, 2.75) is 52.2 Å². The van der Waals surface area contributed by atoms with E-state index < -0.39 is 6.23 Å². The second-order valence-corrected chi connectivity index (χ2v) is 7.84. The van der Waals surface area contributed by atoms with Gasteiger partial charge in [0.15, 0.2) is 0 Å². The van der Waals surface area contributed by atoms with Crippen molar-refractivity contribution in [1.82, 2.24) is 0 Å². The van der Waals surface area contributed by atoms with Crippen LogP contribution in [-0.2, 0) is 22.9 Å². The summed E-state index contributed by atoms with van der Waals surface area (Å²) in [4.78, 5) is 0. The van der Waals surface area contributed by atoms with Crippen molar-refractivity contribution in [1.29, 1.82) is 0 Å². The molecule has 4 heteroatoms. The molecule has 3 rings (SSSR count). The first-order chi connectivity index (χ1) is 14.4. The first-order valence-corrected chi connectivity index (χ1v) is 10.5. The summed E-state index contributed by atoms with van der Waals surface area (Å²) >= 11 is 0. The molecule has 0 fully saturated rings. The maximum Gasteiger partial charge on any atom is 0 e. The largest absolute Gasteiger partial charge is 0.687 e. The first-order valence-electron chi connectivity index (χ1n) is 10.5. The number of hydrogen-bond donors (Lipinski definition) is 1. The average molecular weight is 475 g/mol. The van der Waals surface area contributed by atoms with Crippen LogP contribution in [0.5, 0.6) is 0 Å². The molecule has 0 saturated heterocycles. The van der Waals surface area contributed by atoms with Crippen LogP contribution in [-0.4, -0.2) is 18.4 Å². The minimum Gasteiger partial charge on any atom is -0.687 e. The minimum atomic E-state index is -0.773. The van der Waals surface area contributed by atoms with Crippen molar-refractivity contribution in [3.63, 3.8) is 0 Å². The Morgan fingerprint density at radius 3 is 1.81 bits per heavy atom. The van der Waals surface area contributed by atoms with Crippen molar-refractivity contribution in [3.8, 4) is 0 Å². The summed E-state index contributed by atoms with van der Waals surface area (Å²) in [5, 5.41) is 19.5. The molecular weight excluding hydrogens is 439 g/mol. The Bertz CT molecular complexity index is 829. The SMILES string of the molecule is C[N-]c1ccccc1CC(O)[N-]c1c(C(C)C)cccc1C(C)C.[CH3-].[Ni].[c-]1ccccc1. The molecule has 3 aromatic rings. The number of aliphatic hydroxyl groups is 1.